The Morgan fingerprint density at radius 3 is 2.52 bits per heavy atom. The summed E-state index contributed by atoms with van der Waals surface area (Å²) in [5, 5.41) is 12.6. The second-order valence-electron chi connectivity index (χ2n) is 7.98. The van der Waals surface area contributed by atoms with E-state index in [0.29, 0.717) is 39.5 Å². The van der Waals surface area contributed by atoms with Gasteiger partial charge in [0.15, 0.2) is 0 Å². The van der Waals surface area contributed by atoms with Crippen LogP contribution in [0.5, 0.6) is 0 Å². The summed E-state index contributed by atoms with van der Waals surface area (Å²) in [6.07, 6.45) is 0.430. The summed E-state index contributed by atoms with van der Waals surface area (Å²) in [7, 11) is 0. The summed E-state index contributed by atoms with van der Waals surface area (Å²) in [6.45, 7) is 2.16. The van der Waals surface area contributed by atoms with Crippen molar-refractivity contribution in [2.75, 3.05) is 16.8 Å². The highest BCUT2D eigenvalue weighted by molar-refractivity contribution is 6.30. The summed E-state index contributed by atoms with van der Waals surface area (Å²) < 4.78 is 0. The monoisotopic (exact) mass is 477 g/mol. The second kappa shape index (κ2) is 9.66. The van der Waals surface area contributed by atoms with Crippen molar-refractivity contribution in [1.82, 2.24) is 0 Å². The number of nitrogens with zero attached hydrogens (tertiary/aromatic N) is 2. The van der Waals surface area contributed by atoms with Gasteiger partial charge in [-0.1, -0.05) is 29.8 Å². The van der Waals surface area contributed by atoms with Crippen molar-refractivity contribution in [3.05, 3.63) is 94.0 Å². The van der Waals surface area contributed by atoms with Crippen molar-refractivity contribution in [2.24, 2.45) is 0 Å². The lowest BCUT2D eigenvalue weighted by atomic mass is 9.95. The van der Waals surface area contributed by atoms with Gasteiger partial charge in [0.25, 0.3) is 11.8 Å². The number of aryl methyl sites for hydroxylation is 1. The maximum absolute atomic E-state index is 13.4. The van der Waals surface area contributed by atoms with Gasteiger partial charge < -0.3 is 10.2 Å². The summed E-state index contributed by atoms with van der Waals surface area (Å²) >= 11 is 12.6. The average molecular weight is 478 g/mol. The molecule has 4 rings (SSSR count). The first-order valence-corrected chi connectivity index (χ1v) is 11.3. The third-order valence-corrected chi connectivity index (χ3v) is 6.26. The van der Waals surface area contributed by atoms with E-state index in [-0.39, 0.29) is 23.7 Å². The predicted octanol–water partition coefficient (Wildman–Crippen LogP) is 6.17. The van der Waals surface area contributed by atoms with E-state index in [2.05, 4.69) is 11.4 Å². The molecule has 0 spiro atoms. The molecule has 3 aromatic carbocycles. The Bertz CT molecular complexity index is 1250. The number of halogens is 2. The maximum Gasteiger partial charge on any atom is 0.258 e. The van der Waals surface area contributed by atoms with Crippen molar-refractivity contribution in [3.63, 3.8) is 0 Å². The Labute approximate surface area is 202 Å². The fourth-order valence-corrected chi connectivity index (χ4v) is 4.49. The minimum atomic E-state index is -0.446. The normalized spacial score (nSPS) is 17.5. The summed E-state index contributed by atoms with van der Waals surface area (Å²) in [5.41, 5.74) is 3.84. The number of hydrogen-bond acceptors (Lipinski definition) is 3. The minimum absolute atomic E-state index is 0.210. The van der Waals surface area contributed by atoms with Crippen molar-refractivity contribution >= 4 is 46.4 Å². The Morgan fingerprint density at radius 1 is 1.09 bits per heavy atom. The number of nitriles is 1. The van der Waals surface area contributed by atoms with Gasteiger partial charge in [0, 0.05) is 34.1 Å². The summed E-state index contributed by atoms with van der Waals surface area (Å²) in [4.78, 5) is 27.6. The summed E-state index contributed by atoms with van der Waals surface area (Å²) in [6, 6.07) is 21.5. The number of anilines is 2. The molecule has 1 aliphatic rings. The number of fused-ring (bicyclic) bond motifs is 1. The van der Waals surface area contributed by atoms with Crippen LogP contribution in [-0.4, -0.2) is 23.7 Å². The quantitative estimate of drug-likeness (QED) is 0.458. The third kappa shape index (κ3) is 4.88. The molecule has 2 atom stereocenters. The number of alkyl halides is 1. The van der Waals surface area contributed by atoms with Crippen LogP contribution in [0.4, 0.5) is 11.4 Å². The lowest BCUT2D eigenvalue weighted by Gasteiger charge is -2.24. The van der Waals surface area contributed by atoms with Gasteiger partial charge in [-0.15, -0.1) is 11.6 Å². The predicted molar refractivity (Wildman–Crippen MR) is 131 cm³/mol. The van der Waals surface area contributed by atoms with Crippen molar-refractivity contribution in [2.45, 2.75) is 24.6 Å². The van der Waals surface area contributed by atoms with Gasteiger partial charge in [0.05, 0.1) is 17.4 Å². The molecule has 2 amide bonds. The first-order chi connectivity index (χ1) is 15.9. The molecule has 0 fully saturated rings. The number of carbonyl (C=O) groups excluding carboxylic acids is 2. The van der Waals surface area contributed by atoms with Crippen LogP contribution < -0.4 is 10.2 Å². The molecule has 0 saturated heterocycles. The molecular weight excluding hydrogens is 457 g/mol. The molecule has 3 aromatic rings. The zero-order valence-electron chi connectivity index (χ0n) is 17.9. The fourth-order valence-electron chi connectivity index (χ4n) is 4.00. The van der Waals surface area contributed by atoms with E-state index in [1.54, 1.807) is 53.4 Å². The van der Waals surface area contributed by atoms with E-state index in [4.69, 9.17) is 23.2 Å². The highest BCUT2D eigenvalue weighted by atomic mass is 35.5. The van der Waals surface area contributed by atoms with E-state index in [1.807, 2.05) is 25.1 Å². The van der Waals surface area contributed by atoms with E-state index in [0.717, 1.165) is 5.56 Å². The van der Waals surface area contributed by atoms with E-state index < -0.39 is 5.92 Å². The Hall–Kier alpha value is -3.33. The van der Waals surface area contributed by atoms with Crippen molar-refractivity contribution in [3.8, 4) is 6.07 Å². The number of carbonyl (C=O) groups is 2. The topological polar surface area (TPSA) is 73.2 Å². The molecule has 1 heterocycles. The zero-order valence-corrected chi connectivity index (χ0v) is 19.4. The Balaban J connectivity index is 1.58. The number of benzene rings is 3. The maximum atomic E-state index is 13.4. The van der Waals surface area contributed by atoms with Crippen LogP contribution in [0.1, 0.15) is 44.2 Å². The van der Waals surface area contributed by atoms with Gasteiger partial charge in [0.2, 0.25) is 0 Å². The SMILES string of the molecule is Cc1ccccc1C(=O)Nc1ccc(C(=O)N2CC(Cl)CC(C#N)c3cc(Cl)ccc32)cc1. The summed E-state index contributed by atoms with van der Waals surface area (Å²) in [5.74, 6) is -0.893. The average Bonchev–Trinajstić information content (AvgIpc) is 2.95. The minimum Gasteiger partial charge on any atom is -0.322 e. The lowest BCUT2D eigenvalue weighted by molar-refractivity contribution is 0.0986. The van der Waals surface area contributed by atoms with Crippen LogP contribution in [0.25, 0.3) is 0 Å². The number of rotatable bonds is 3. The van der Waals surface area contributed by atoms with Crippen LogP contribution >= 0.6 is 23.2 Å². The standard InChI is InChI=1S/C26H21Cl2N3O2/c1-16-4-2-3-5-22(16)25(32)30-21-9-6-17(7-10-21)26(33)31-15-20(28)12-18(14-29)23-13-19(27)8-11-24(23)31/h2-11,13,18,20H,12,15H2,1H3,(H,30,32). The molecule has 2 unspecified atom stereocenters. The van der Waals surface area contributed by atoms with Crippen LogP contribution in [0.2, 0.25) is 5.02 Å². The number of hydrogen-bond donors (Lipinski definition) is 1. The molecule has 0 aromatic heterocycles. The molecule has 0 saturated carbocycles. The molecule has 1 aliphatic heterocycles. The molecule has 7 heteroatoms. The van der Waals surface area contributed by atoms with Gasteiger partial charge >= 0.3 is 0 Å². The van der Waals surface area contributed by atoms with Crippen LogP contribution in [-0.2, 0) is 0 Å². The Kier molecular flexibility index (Phi) is 6.69. The number of nitrogens with one attached hydrogen (secondary N) is 1. The van der Waals surface area contributed by atoms with Gasteiger partial charge in [-0.2, -0.15) is 5.26 Å². The van der Waals surface area contributed by atoms with Gasteiger partial charge in [-0.25, -0.2) is 0 Å². The lowest BCUT2D eigenvalue weighted by Crippen LogP contribution is -2.35. The van der Waals surface area contributed by atoms with Crippen molar-refractivity contribution < 1.29 is 9.59 Å². The molecule has 5 nitrogen and oxygen atoms in total. The van der Waals surface area contributed by atoms with Crippen LogP contribution in [0.3, 0.4) is 0 Å². The zero-order chi connectivity index (χ0) is 23.5. The van der Waals surface area contributed by atoms with E-state index in [9.17, 15) is 14.9 Å². The van der Waals surface area contributed by atoms with Crippen LogP contribution in [0.15, 0.2) is 66.7 Å². The van der Waals surface area contributed by atoms with Gasteiger partial charge in [0.1, 0.15) is 0 Å². The molecule has 0 bridgehead atoms. The molecular formula is C26H21Cl2N3O2. The van der Waals surface area contributed by atoms with Crippen molar-refractivity contribution in [1.29, 1.82) is 5.26 Å². The highest BCUT2D eigenvalue weighted by Crippen LogP contribution is 2.38. The van der Waals surface area contributed by atoms with E-state index in [1.165, 1.54) is 0 Å². The largest absolute Gasteiger partial charge is 0.322 e. The smallest absolute Gasteiger partial charge is 0.258 e. The molecule has 0 aliphatic carbocycles. The fraction of sp³-hybridized carbons (Fsp3) is 0.192. The Morgan fingerprint density at radius 2 is 1.82 bits per heavy atom. The van der Waals surface area contributed by atoms with Crippen LogP contribution in [0, 0.1) is 18.3 Å². The molecule has 33 heavy (non-hydrogen) atoms. The highest BCUT2D eigenvalue weighted by Gasteiger charge is 2.31. The molecule has 1 N–H and O–H groups in total. The number of amides is 2. The van der Waals surface area contributed by atoms with E-state index >= 15 is 0 Å². The first-order valence-electron chi connectivity index (χ1n) is 10.5. The van der Waals surface area contributed by atoms with Gasteiger partial charge in [-0.3, -0.25) is 9.59 Å². The first kappa shape index (κ1) is 22.8. The second-order valence-corrected chi connectivity index (χ2v) is 9.03. The van der Waals surface area contributed by atoms with Gasteiger partial charge in [-0.05, 0) is 73.0 Å². The molecule has 166 valence electrons. The molecule has 0 radical (unpaired) electrons. The third-order valence-electron chi connectivity index (χ3n) is 5.71.